The monoisotopic (exact) mass is 240 g/mol. The molecule has 96 valence electrons. The highest BCUT2D eigenvalue weighted by Crippen LogP contribution is 2.12. The van der Waals surface area contributed by atoms with Crippen LogP contribution in [0.25, 0.3) is 0 Å². The third-order valence-electron chi connectivity index (χ3n) is 2.59. The normalized spacial score (nSPS) is 11.1. The van der Waals surface area contributed by atoms with Crippen LogP contribution in [0.1, 0.15) is 19.4 Å². The third-order valence-corrected chi connectivity index (χ3v) is 2.59. The summed E-state index contributed by atoms with van der Waals surface area (Å²) in [5.74, 6) is -0.277. The summed E-state index contributed by atoms with van der Waals surface area (Å²) in [6.07, 6.45) is 0. The number of anilines is 1. The molecule has 0 spiro atoms. The van der Waals surface area contributed by atoms with E-state index in [0.717, 1.165) is 25.3 Å². The van der Waals surface area contributed by atoms with E-state index in [-0.39, 0.29) is 5.82 Å². The fourth-order valence-corrected chi connectivity index (χ4v) is 1.71. The Morgan fingerprint density at radius 2 is 2.06 bits per heavy atom. The summed E-state index contributed by atoms with van der Waals surface area (Å²) >= 11 is 0. The van der Waals surface area contributed by atoms with Crippen LogP contribution in [0.4, 0.5) is 10.1 Å². The molecule has 17 heavy (non-hydrogen) atoms. The standard InChI is InChI=1S/C13H21FN2O/c1-3-16(5-6-17-4-2)10-11-7-12(14)9-13(15)8-11/h7-9H,3-6,10,15H2,1-2H3. The second-order valence-electron chi connectivity index (χ2n) is 3.96. The van der Waals surface area contributed by atoms with Crippen molar-refractivity contribution in [3.63, 3.8) is 0 Å². The van der Waals surface area contributed by atoms with Gasteiger partial charge in [-0.3, -0.25) is 4.90 Å². The van der Waals surface area contributed by atoms with Crippen molar-refractivity contribution in [2.75, 3.05) is 32.0 Å². The summed E-state index contributed by atoms with van der Waals surface area (Å²) in [7, 11) is 0. The summed E-state index contributed by atoms with van der Waals surface area (Å²) in [5.41, 5.74) is 6.99. The molecule has 2 N–H and O–H groups in total. The Hall–Kier alpha value is -1.13. The van der Waals surface area contributed by atoms with Crippen LogP contribution in [0, 0.1) is 5.82 Å². The van der Waals surface area contributed by atoms with Crippen LogP contribution < -0.4 is 5.73 Å². The van der Waals surface area contributed by atoms with Gasteiger partial charge >= 0.3 is 0 Å². The molecule has 1 aromatic rings. The molecule has 0 fully saturated rings. The summed E-state index contributed by atoms with van der Waals surface area (Å²) in [6, 6.07) is 4.67. The first-order valence-electron chi connectivity index (χ1n) is 6.00. The molecule has 0 radical (unpaired) electrons. The number of nitrogens with two attached hydrogens (primary N) is 1. The molecule has 0 aromatic heterocycles. The first-order valence-corrected chi connectivity index (χ1v) is 6.00. The first kappa shape index (κ1) is 13.9. The molecular formula is C13H21FN2O. The molecule has 0 amide bonds. The van der Waals surface area contributed by atoms with Gasteiger partial charge in [0.15, 0.2) is 0 Å². The second kappa shape index (κ2) is 7.25. The minimum atomic E-state index is -0.277. The van der Waals surface area contributed by atoms with Gasteiger partial charge in [-0.05, 0) is 37.2 Å². The minimum absolute atomic E-state index is 0.277. The first-order chi connectivity index (χ1) is 8.15. The fourth-order valence-electron chi connectivity index (χ4n) is 1.71. The molecule has 4 heteroatoms. The molecule has 0 heterocycles. The van der Waals surface area contributed by atoms with Gasteiger partial charge in [0, 0.05) is 25.4 Å². The van der Waals surface area contributed by atoms with Gasteiger partial charge in [-0.2, -0.15) is 0 Å². The fraction of sp³-hybridized carbons (Fsp3) is 0.538. The number of likely N-dealkylation sites (N-methyl/N-ethyl adjacent to an activating group) is 1. The number of benzene rings is 1. The number of hydrogen-bond donors (Lipinski definition) is 1. The Kier molecular flexibility index (Phi) is 5.94. The number of halogens is 1. The lowest BCUT2D eigenvalue weighted by atomic mass is 10.2. The van der Waals surface area contributed by atoms with E-state index >= 15 is 0 Å². The zero-order chi connectivity index (χ0) is 12.7. The highest BCUT2D eigenvalue weighted by atomic mass is 19.1. The summed E-state index contributed by atoms with van der Waals surface area (Å²) in [6.45, 7) is 7.94. The molecule has 0 aliphatic heterocycles. The van der Waals surface area contributed by atoms with E-state index in [1.807, 2.05) is 13.0 Å². The van der Waals surface area contributed by atoms with Crippen LogP contribution in [0.2, 0.25) is 0 Å². The van der Waals surface area contributed by atoms with Gasteiger partial charge in [0.2, 0.25) is 0 Å². The van der Waals surface area contributed by atoms with Crippen LogP contribution in [-0.2, 0) is 11.3 Å². The predicted molar refractivity (Wildman–Crippen MR) is 68.3 cm³/mol. The Bertz CT molecular complexity index is 324. The van der Waals surface area contributed by atoms with Gasteiger partial charge in [-0.1, -0.05) is 6.92 Å². The minimum Gasteiger partial charge on any atom is -0.399 e. The highest BCUT2D eigenvalue weighted by molar-refractivity contribution is 5.41. The maximum absolute atomic E-state index is 13.2. The maximum atomic E-state index is 13.2. The third kappa shape index (κ3) is 5.15. The van der Waals surface area contributed by atoms with Gasteiger partial charge < -0.3 is 10.5 Å². The van der Waals surface area contributed by atoms with Gasteiger partial charge in [-0.25, -0.2) is 4.39 Å². The van der Waals surface area contributed by atoms with E-state index in [9.17, 15) is 4.39 Å². The molecule has 3 nitrogen and oxygen atoms in total. The predicted octanol–water partition coefficient (Wildman–Crippen LogP) is 2.27. The van der Waals surface area contributed by atoms with Crippen LogP contribution in [0.5, 0.6) is 0 Å². The quantitative estimate of drug-likeness (QED) is 0.587. The zero-order valence-electron chi connectivity index (χ0n) is 10.6. The molecule has 0 atom stereocenters. The maximum Gasteiger partial charge on any atom is 0.125 e. The molecule has 0 aliphatic carbocycles. The number of ether oxygens (including phenoxy) is 1. The van der Waals surface area contributed by atoms with Crippen molar-refractivity contribution in [1.82, 2.24) is 4.90 Å². The van der Waals surface area contributed by atoms with E-state index in [0.29, 0.717) is 18.8 Å². The number of nitrogens with zero attached hydrogens (tertiary/aromatic N) is 1. The molecule has 0 aliphatic rings. The van der Waals surface area contributed by atoms with Crippen LogP contribution in [0.15, 0.2) is 18.2 Å². The Morgan fingerprint density at radius 1 is 1.29 bits per heavy atom. The average Bonchev–Trinajstić information content (AvgIpc) is 2.26. The molecule has 1 rings (SSSR count). The van der Waals surface area contributed by atoms with E-state index in [1.54, 1.807) is 0 Å². The lowest BCUT2D eigenvalue weighted by Crippen LogP contribution is -2.27. The Balaban J connectivity index is 2.54. The largest absolute Gasteiger partial charge is 0.399 e. The van der Waals surface area contributed by atoms with Gasteiger partial charge in [-0.15, -0.1) is 0 Å². The second-order valence-corrected chi connectivity index (χ2v) is 3.96. The zero-order valence-corrected chi connectivity index (χ0v) is 10.6. The van der Waals surface area contributed by atoms with Crippen LogP contribution >= 0.6 is 0 Å². The average molecular weight is 240 g/mol. The van der Waals surface area contributed by atoms with Gasteiger partial charge in [0.1, 0.15) is 5.82 Å². The lowest BCUT2D eigenvalue weighted by Gasteiger charge is -2.20. The van der Waals surface area contributed by atoms with Crippen LogP contribution in [-0.4, -0.2) is 31.2 Å². The smallest absolute Gasteiger partial charge is 0.125 e. The Labute approximate surface area is 102 Å². The molecular weight excluding hydrogens is 219 g/mol. The van der Waals surface area contributed by atoms with Gasteiger partial charge in [0.25, 0.3) is 0 Å². The molecule has 1 aromatic carbocycles. The van der Waals surface area contributed by atoms with Gasteiger partial charge in [0.05, 0.1) is 6.61 Å². The van der Waals surface area contributed by atoms with Crippen molar-refractivity contribution in [3.8, 4) is 0 Å². The highest BCUT2D eigenvalue weighted by Gasteiger charge is 2.05. The van der Waals surface area contributed by atoms with E-state index in [2.05, 4.69) is 11.8 Å². The van der Waals surface area contributed by atoms with Crippen molar-refractivity contribution in [2.24, 2.45) is 0 Å². The number of hydrogen-bond acceptors (Lipinski definition) is 3. The van der Waals surface area contributed by atoms with Crippen molar-refractivity contribution in [3.05, 3.63) is 29.6 Å². The van der Waals surface area contributed by atoms with E-state index in [1.165, 1.54) is 12.1 Å². The number of nitrogen functional groups attached to an aromatic ring is 1. The molecule has 0 unspecified atom stereocenters. The molecule has 0 bridgehead atoms. The van der Waals surface area contributed by atoms with Crippen LogP contribution in [0.3, 0.4) is 0 Å². The molecule has 0 saturated carbocycles. The van der Waals surface area contributed by atoms with E-state index in [4.69, 9.17) is 10.5 Å². The molecule has 0 saturated heterocycles. The Morgan fingerprint density at radius 3 is 2.65 bits per heavy atom. The lowest BCUT2D eigenvalue weighted by molar-refractivity contribution is 0.113. The SMILES string of the molecule is CCOCCN(CC)Cc1cc(N)cc(F)c1. The summed E-state index contributed by atoms with van der Waals surface area (Å²) in [4.78, 5) is 2.20. The summed E-state index contributed by atoms with van der Waals surface area (Å²) < 4.78 is 18.5. The van der Waals surface area contributed by atoms with Crippen molar-refractivity contribution < 1.29 is 9.13 Å². The number of rotatable bonds is 7. The van der Waals surface area contributed by atoms with Crippen molar-refractivity contribution >= 4 is 5.69 Å². The van der Waals surface area contributed by atoms with Crippen molar-refractivity contribution in [2.45, 2.75) is 20.4 Å². The topological polar surface area (TPSA) is 38.5 Å². The van der Waals surface area contributed by atoms with Crippen molar-refractivity contribution in [1.29, 1.82) is 0 Å². The summed E-state index contributed by atoms with van der Waals surface area (Å²) in [5, 5.41) is 0. The van der Waals surface area contributed by atoms with E-state index < -0.39 is 0 Å².